The van der Waals surface area contributed by atoms with E-state index in [1.165, 1.54) is 0 Å². The van der Waals surface area contributed by atoms with Gasteiger partial charge in [-0.25, -0.2) is 0 Å². The van der Waals surface area contributed by atoms with Crippen molar-refractivity contribution in [1.29, 1.82) is 0 Å². The van der Waals surface area contributed by atoms with Gasteiger partial charge in [0, 0.05) is 0 Å². The smallest absolute Gasteiger partial charge is 0.187 e. The average Bonchev–Trinajstić information content (AvgIpc) is 2.45. The first-order valence-electron chi connectivity index (χ1n) is 6.09. The molecule has 0 aromatic heterocycles. The monoisotopic (exact) mass is 270 g/mol. The molecular weight excluding hydrogens is 252 g/mol. The Hall–Kier alpha value is -1.02. The Kier molecular flexibility index (Phi) is 4.87. The van der Waals surface area contributed by atoms with Crippen molar-refractivity contribution in [2.45, 2.75) is 37.3 Å². The molecule has 1 fully saturated rings. The van der Waals surface area contributed by atoms with Gasteiger partial charge in [-0.3, -0.25) is 0 Å². The van der Waals surface area contributed by atoms with Crippen LogP contribution in [-0.4, -0.2) is 57.7 Å². The van der Waals surface area contributed by atoms with E-state index in [-0.39, 0.29) is 6.61 Å². The van der Waals surface area contributed by atoms with Crippen LogP contribution >= 0.6 is 0 Å². The molecule has 1 aliphatic heterocycles. The highest BCUT2D eigenvalue weighted by Crippen LogP contribution is 2.22. The van der Waals surface area contributed by atoms with Crippen molar-refractivity contribution in [2.75, 3.05) is 6.61 Å². The summed E-state index contributed by atoms with van der Waals surface area (Å²) in [7, 11) is 0. The fourth-order valence-corrected chi connectivity index (χ4v) is 1.96. The fraction of sp³-hybridized carbons (Fsp3) is 0.538. The number of ether oxygens (including phenoxy) is 2. The van der Waals surface area contributed by atoms with E-state index >= 15 is 0 Å². The third-order valence-corrected chi connectivity index (χ3v) is 3.11. The minimum atomic E-state index is -1.41. The highest BCUT2D eigenvalue weighted by atomic mass is 16.7. The summed E-state index contributed by atoms with van der Waals surface area (Å²) in [5.41, 5.74) is 0.888. The van der Waals surface area contributed by atoms with Crippen molar-refractivity contribution < 1.29 is 29.9 Å². The molecule has 0 spiro atoms. The maximum Gasteiger partial charge on any atom is 0.187 e. The summed E-state index contributed by atoms with van der Waals surface area (Å²) in [5, 5.41) is 38.0. The van der Waals surface area contributed by atoms with Gasteiger partial charge < -0.3 is 29.9 Å². The van der Waals surface area contributed by atoms with Crippen LogP contribution in [0.5, 0.6) is 0 Å². The van der Waals surface area contributed by atoms with Gasteiger partial charge in [0.25, 0.3) is 0 Å². The number of hydrogen-bond acceptors (Lipinski definition) is 6. The van der Waals surface area contributed by atoms with Gasteiger partial charge >= 0.3 is 0 Å². The van der Waals surface area contributed by atoms with E-state index in [2.05, 4.69) is 0 Å². The van der Waals surface area contributed by atoms with Crippen LogP contribution in [0.4, 0.5) is 0 Å². The van der Waals surface area contributed by atoms with E-state index in [0.717, 1.165) is 5.56 Å². The van der Waals surface area contributed by atoms with E-state index in [1.54, 1.807) is 0 Å². The second-order valence-electron chi connectivity index (χ2n) is 4.49. The summed E-state index contributed by atoms with van der Waals surface area (Å²) in [6.07, 6.45) is -6.17. The lowest BCUT2D eigenvalue weighted by molar-refractivity contribution is -0.304. The van der Waals surface area contributed by atoms with E-state index in [9.17, 15) is 15.3 Å². The van der Waals surface area contributed by atoms with E-state index in [1.807, 2.05) is 30.3 Å². The number of benzene rings is 1. The summed E-state index contributed by atoms with van der Waals surface area (Å²) < 4.78 is 10.6. The molecule has 4 N–H and O–H groups in total. The molecule has 5 atom stereocenters. The maximum atomic E-state index is 9.76. The zero-order valence-electron chi connectivity index (χ0n) is 10.3. The maximum absolute atomic E-state index is 9.76. The van der Waals surface area contributed by atoms with Crippen molar-refractivity contribution in [3.8, 4) is 0 Å². The quantitative estimate of drug-likeness (QED) is 0.560. The Morgan fingerprint density at radius 3 is 2.32 bits per heavy atom. The second-order valence-corrected chi connectivity index (χ2v) is 4.49. The van der Waals surface area contributed by atoms with Crippen LogP contribution in [0.25, 0.3) is 0 Å². The number of hydrogen-bond donors (Lipinski definition) is 4. The minimum Gasteiger partial charge on any atom is -0.394 e. The highest BCUT2D eigenvalue weighted by molar-refractivity contribution is 5.13. The van der Waals surface area contributed by atoms with Gasteiger partial charge in [0.05, 0.1) is 13.2 Å². The van der Waals surface area contributed by atoms with Gasteiger partial charge in [-0.15, -0.1) is 0 Å². The molecule has 1 aliphatic rings. The van der Waals surface area contributed by atoms with E-state index in [4.69, 9.17) is 14.6 Å². The molecule has 6 heteroatoms. The molecule has 1 saturated heterocycles. The molecule has 0 amide bonds. The zero-order valence-corrected chi connectivity index (χ0v) is 10.3. The molecule has 0 unspecified atom stereocenters. The Labute approximate surface area is 110 Å². The van der Waals surface area contributed by atoms with Crippen LogP contribution in [0, 0.1) is 0 Å². The third kappa shape index (κ3) is 3.30. The van der Waals surface area contributed by atoms with Crippen LogP contribution in [0.15, 0.2) is 30.3 Å². The molecule has 1 aromatic rings. The summed E-state index contributed by atoms with van der Waals surface area (Å²) in [5.74, 6) is 0. The molecule has 1 aromatic carbocycles. The molecule has 1 heterocycles. The Bertz CT molecular complexity index is 382. The first kappa shape index (κ1) is 14.4. The second kappa shape index (κ2) is 6.42. The van der Waals surface area contributed by atoms with Gasteiger partial charge in [-0.2, -0.15) is 0 Å². The van der Waals surface area contributed by atoms with Crippen LogP contribution in [0.1, 0.15) is 5.56 Å². The topological polar surface area (TPSA) is 99.4 Å². The number of aliphatic hydroxyl groups excluding tert-OH is 4. The molecule has 0 saturated carbocycles. The Morgan fingerprint density at radius 2 is 1.68 bits per heavy atom. The average molecular weight is 270 g/mol. The Balaban J connectivity index is 1.95. The summed E-state index contributed by atoms with van der Waals surface area (Å²) >= 11 is 0. The molecule has 2 rings (SSSR count). The lowest BCUT2D eigenvalue weighted by atomic mass is 9.99. The predicted octanol–water partition coefficient (Wildman–Crippen LogP) is -0.997. The third-order valence-electron chi connectivity index (χ3n) is 3.11. The normalized spacial score (nSPS) is 35.3. The molecular formula is C13H18O6. The fourth-order valence-electron chi connectivity index (χ4n) is 1.96. The summed E-state index contributed by atoms with van der Waals surface area (Å²) in [6.45, 7) is -0.264. The van der Waals surface area contributed by atoms with E-state index < -0.39 is 37.3 Å². The SMILES string of the molecule is OC[C@H]1O[C@H](OCc2ccccc2)[C@H](O)[C@@H](O)[C@H]1O. The highest BCUT2D eigenvalue weighted by Gasteiger charge is 2.43. The minimum absolute atomic E-state index is 0.198. The lowest BCUT2D eigenvalue weighted by Gasteiger charge is -2.39. The van der Waals surface area contributed by atoms with Crippen LogP contribution < -0.4 is 0 Å². The van der Waals surface area contributed by atoms with Gasteiger partial charge in [0.1, 0.15) is 24.4 Å². The molecule has 0 aliphatic carbocycles. The van der Waals surface area contributed by atoms with Crippen LogP contribution in [0.3, 0.4) is 0 Å². The molecule has 19 heavy (non-hydrogen) atoms. The van der Waals surface area contributed by atoms with Crippen molar-refractivity contribution >= 4 is 0 Å². The molecule has 0 radical (unpaired) electrons. The first-order chi connectivity index (χ1) is 9.13. The predicted molar refractivity (Wildman–Crippen MR) is 65.0 cm³/mol. The summed E-state index contributed by atoms with van der Waals surface area (Å²) in [4.78, 5) is 0. The molecule has 0 bridgehead atoms. The van der Waals surface area contributed by atoms with Crippen molar-refractivity contribution in [1.82, 2.24) is 0 Å². The van der Waals surface area contributed by atoms with Crippen LogP contribution in [0.2, 0.25) is 0 Å². The van der Waals surface area contributed by atoms with Gasteiger partial charge in [-0.05, 0) is 5.56 Å². The van der Waals surface area contributed by atoms with Gasteiger partial charge in [0.15, 0.2) is 6.29 Å². The Morgan fingerprint density at radius 1 is 1.00 bits per heavy atom. The number of aliphatic hydroxyl groups is 4. The zero-order chi connectivity index (χ0) is 13.8. The summed E-state index contributed by atoms with van der Waals surface area (Å²) in [6, 6.07) is 9.28. The number of rotatable bonds is 4. The van der Waals surface area contributed by atoms with Gasteiger partial charge in [0.2, 0.25) is 0 Å². The largest absolute Gasteiger partial charge is 0.394 e. The molecule has 6 nitrogen and oxygen atoms in total. The standard InChI is InChI=1S/C13H18O6/c14-6-9-10(15)11(16)12(17)13(19-9)18-7-8-4-2-1-3-5-8/h1-5,9-17H,6-7H2/t9-,10+,11+,12-,13+/m1/s1. The van der Waals surface area contributed by atoms with Crippen molar-refractivity contribution in [2.24, 2.45) is 0 Å². The first-order valence-corrected chi connectivity index (χ1v) is 6.09. The lowest BCUT2D eigenvalue weighted by Crippen LogP contribution is -2.59. The van der Waals surface area contributed by atoms with E-state index in [0.29, 0.717) is 0 Å². The van der Waals surface area contributed by atoms with Crippen molar-refractivity contribution in [3.05, 3.63) is 35.9 Å². The van der Waals surface area contributed by atoms with Crippen LogP contribution in [-0.2, 0) is 16.1 Å². The van der Waals surface area contributed by atoms with Gasteiger partial charge in [-0.1, -0.05) is 30.3 Å². The van der Waals surface area contributed by atoms with Crippen molar-refractivity contribution in [3.63, 3.8) is 0 Å². The molecule has 106 valence electrons.